The number of nitrogens with two attached hydrogens (primary N) is 1. The average molecular weight is 256 g/mol. The molecule has 0 radical (unpaired) electrons. The molecular formula is C14H22ClNO. The molecule has 0 aromatic heterocycles. The summed E-state index contributed by atoms with van der Waals surface area (Å²) in [6.45, 7) is 5.14. The lowest BCUT2D eigenvalue weighted by molar-refractivity contribution is 0.414. The molecule has 0 bridgehead atoms. The Morgan fingerprint density at radius 3 is 2.53 bits per heavy atom. The second kappa shape index (κ2) is 6.87. The summed E-state index contributed by atoms with van der Waals surface area (Å²) in [5, 5.41) is 0.781. The Bertz CT molecular complexity index is 352. The number of ether oxygens (including phenoxy) is 1. The summed E-state index contributed by atoms with van der Waals surface area (Å²) in [6, 6.07) is 5.90. The van der Waals surface area contributed by atoms with Crippen LogP contribution in [0.1, 0.15) is 38.2 Å². The van der Waals surface area contributed by atoms with Gasteiger partial charge in [-0.1, -0.05) is 31.5 Å². The molecule has 3 heteroatoms. The monoisotopic (exact) mass is 255 g/mol. The second-order valence-electron chi connectivity index (χ2n) is 4.79. The van der Waals surface area contributed by atoms with E-state index in [2.05, 4.69) is 19.9 Å². The minimum atomic E-state index is 0.443. The van der Waals surface area contributed by atoms with Gasteiger partial charge < -0.3 is 10.5 Å². The van der Waals surface area contributed by atoms with Crippen LogP contribution in [0, 0.1) is 5.92 Å². The molecule has 0 aliphatic rings. The van der Waals surface area contributed by atoms with Crippen molar-refractivity contribution >= 4 is 11.6 Å². The topological polar surface area (TPSA) is 35.2 Å². The van der Waals surface area contributed by atoms with Gasteiger partial charge in [0.1, 0.15) is 5.75 Å². The molecule has 2 nitrogen and oxygen atoms in total. The first-order chi connectivity index (χ1) is 8.08. The maximum absolute atomic E-state index is 6.30. The number of rotatable bonds is 6. The number of benzene rings is 1. The van der Waals surface area contributed by atoms with Crippen molar-refractivity contribution in [3.8, 4) is 5.75 Å². The molecule has 1 atom stereocenters. The number of hydrogen-bond acceptors (Lipinski definition) is 2. The molecule has 0 amide bonds. The molecule has 17 heavy (non-hydrogen) atoms. The van der Waals surface area contributed by atoms with Crippen molar-refractivity contribution < 1.29 is 4.74 Å². The van der Waals surface area contributed by atoms with E-state index >= 15 is 0 Å². The second-order valence-corrected chi connectivity index (χ2v) is 5.20. The van der Waals surface area contributed by atoms with Gasteiger partial charge in [-0.15, -0.1) is 0 Å². The van der Waals surface area contributed by atoms with Crippen LogP contribution in [-0.4, -0.2) is 13.7 Å². The van der Waals surface area contributed by atoms with E-state index < -0.39 is 0 Å². The Balaban J connectivity index is 2.93. The van der Waals surface area contributed by atoms with Crippen LogP contribution in [0.3, 0.4) is 0 Å². The van der Waals surface area contributed by atoms with Crippen LogP contribution >= 0.6 is 11.6 Å². The fraction of sp³-hybridized carbons (Fsp3) is 0.571. The third kappa shape index (κ3) is 4.21. The predicted molar refractivity (Wildman–Crippen MR) is 73.9 cm³/mol. The lowest BCUT2D eigenvalue weighted by Gasteiger charge is -2.20. The van der Waals surface area contributed by atoms with Crippen LogP contribution in [0.2, 0.25) is 5.02 Å². The van der Waals surface area contributed by atoms with Gasteiger partial charge in [0.05, 0.1) is 7.11 Å². The number of halogens is 1. The van der Waals surface area contributed by atoms with Crippen molar-refractivity contribution in [2.45, 2.75) is 32.6 Å². The molecule has 1 aromatic rings. The first-order valence-corrected chi connectivity index (χ1v) is 6.49. The average Bonchev–Trinajstić information content (AvgIpc) is 2.27. The quantitative estimate of drug-likeness (QED) is 0.839. The van der Waals surface area contributed by atoms with Gasteiger partial charge >= 0.3 is 0 Å². The van der Waals surface area contributed by atoms with Crippen molar-refractivity contribution in [2.24, 2.45) is 11.7 Å². The van der Waals surface area contributed by atoms with Crippen molar-refractivity contribution in [1.82, 2.24) is 0 Å². The zero-order chi connectivity index (χ0) is 12.8. The molecule has 0 fully saturated rings. The fourth-order valence-corrected chi connectivity index (χ4v) is 2.46. The summed E-state index contributed by atoms with van der Waals surface area (Å²) in [7, 11) is 1.65. The molecule has 2 N–H and O–H groups in total. The maximum Gasteiger partial charge on any atom is 0.120 e. The summed E-state index contributed by atoms with van der Waals surface area (Å²) in [5.74, 6) is 1.89. The van der Waals surface area contributed by atoms with E-state index in [4.69, 9.17) is 22.1 Å². The minimum absolute atomic E-state index is 0.443. The minimum Gasteiger partial charge on any atom is -0.497 e. The molecule has 0 saturated carbocycles. The first-order valence-electron chi connectivity index (χ1n) is 6.12. The third-order valence-electron chi connectivity index (χ3n) is 2.92. The molecule has 0 heterocycles. The van der Waals surface area contributed by atoms with Crippen LogP contribution in [-0.2, 0) is 0 Å². The van der Waals surface area contributed by atoms with Crippen molar-refractivity contribution in [3.63, 3.8) is 0 Å². The number of methoxy groups -OCH3 is 1. The van der Waals surface area contributed by atoms with Gasteiger partial charge in [-0.2, -0.15) is 0 Å². The molecule has 0 spiro atoms. The van der Waals surface area contributed by atoms with Crippen LogP contribution in [0.15, 0.2) is 18.2 Å². The third-order valence-corrected chi connectivity index (χ3v) is 3.25. The Hall–Kier alpha value is -0.730. The van der Waals surface area contributed by atoms with E-state index in [1.807, 2.05) is 12.1 Å². The normalized spacial score (nSPS) is 12.8. The zero-order valence-electron chi connectivity index (χ0n) is 10.9. The Morgan fingerprint density at radius 2 is 2.06 bits per heavy atom. The van der Waals surface area contributed by atoms with Gasteiger partial charge in [-0.3, -0.25) is 0 Å². The van der Waals surface area contributed by atoms with Crippen molar-refractivity contribution in [1.29, 1.82) is 0 Å². The zero-order valence-corrected chi connectivity index (χ0v) is 11.6. The van der Waals surface area contributed by atoms with E-state index in [0.29, 0.717) is 18.4 Å². The van der Waals surface area contributed by atoms with E-state index in [0.717, 1.165) is 23.6 Å². The van der Waals surface area contributed by atoms with E-state index in [1.54, 1.807) is 7.11 Å². The first kappa shape index (κ1) is 14.3. The summed E-state index contributed by atoms with van der Waals surface area (Å²) in [5.41, 5.74) is 6.87. The van der Waals surface area contributed by atoms with Gasteiger partial charge in [0, 0.05) is 5.02 Å². The van der Waals surface area contributed by atoms with E-state index in [-0.39, 0.29) is 0 Å². The SMILES string of the molecule is COc1ccc(C(CCN)CC(C)C)c(Cl)c1. The molecule has 96 valence electrons. The molecule has 1 rings (SSSR count). The molecule has 1 unspecified atom stereocenters. The smallest absolute Gasteiger partial charge is 0.120 e. The van der Waals surface area contributed by atoms with Gasteiger partial charge in [0.2, 0.25) is 0 Å². The Kier molecular flexibility index (Phi) is 5.79. The summed E-state index contributed by atoms with van der Waals surface area (Å²) in [6.07, 6.45) is 2.09. The van der Waals surface area contributed by atoms with Crippen LogP contribution in [0.25, 0.3) is 0 Å². The van der Waals surface area contributed by atoms with E-state index in [1.165, 1.54) is 5.56 Å². The highest BCUT2D eigenvalue weighted by Crippen LogP contribution is 2.33. The van der Waals surface area contributed by atoms with Crippen LogP contribution in [0.5, 0.6) is 5.75 Å². The fourth-order valence-electron chi connectivity index (χ4n) is 2.14. The van der Waals surface area contributed by atoms with Crippen LogP contribution in [0.4, 0.5) is 0 Å². The van der Waals surface area contributed by atoms with Gasteiger partial charge in [-0.25, -0.2) is 0 Å². The summed E-state index contributed by atoms with van der Waals surface area (Å²) >= 11 is 6.30. The highest BCUT2D eigenvalue weighted by molar-refractivity contribution is 6.31. The Labute approximate surface area is 109 Å². The van der Waals surface area contributed by atoms with Gasteiger partial charge in [0.15, 0.2) is 0 Å². The lowest BCUT2D eigenvalue weighted by atomic mass is 9.88. The van der Waals surface area contributed by atoms with Gasteiger partial charge in [0.25, 0.3) is 0 Å². The lowest BCUT2D eigenvalue weighted by Crippen LogP contribution is -2.10. The van der Waals surface area contributed by atoms with Crippen molar-refractivity contribution in [3.05, 3.63) is 28.8 Å². The highest BCUT2D eigenvalue weighted by atomic mass is 35.5. The summed E-state index contributed by atoms with van der Waals surface area (Å²) < 4.78 is 5.16. The number of hydrogen-bond donors (Lipinski definition) is 1. The van der Waals surface area contributed by atoms with Crippen molar-refractivity contribution in [2.75, 3.05) is 13.7 Å². The maximum atomic E-state index is 6.30. The predicted octanol–water partition coefficient (Wildman–Crippen LogP) is 3.83. The molecule has 0 aliphatic carbocycles. The standard InChI is InChI=1S/C14H22ClNO/c1-10(2)8-11(6-7-16)13-5-4-12(17-3)9-14(13)15/h4-5,9-11H,6-8,16H2,1-3H3. The van der Waals surface area contributed by atoms with E-state index in [9.17, 15) is 0 Å². The molecule has 0 saturated heterocycles. The summed E-state index contributed by atoms with van der Waals surface area (Å²) in [4.78, 5) is 0. The van der Waals surface area contributed by atoms with Crippen LogP contribution < -0.4 is 10.5 Å². The molecule has 1 aromatic carbocycles. The highest BCUT2D eigenvalue weighted by Gasteiger charge is 2.16. The largest absolute Gasteiger partial charge is 0.497 e. The van der Waals surface area contributed by atoms with Gasteiger partial charge in [-0.05, 0) is 48.9 Å². The molecule has 0 aliphatic heterocycles. The molecular weight excluding hydrogens is 234 g/mol. The Morgan fingerprint density at radius 1 is 1.35 bits per heavy atom.